The van der Waals surface area contributed by atoms with E-state index in [1.54, 1.807) is 7.11 Å². The number of aryl methyl sites for hydroxylation is 1. The number of hydrogen-bond acceptors (Lipinski definition) is 3. The molecule has 0 amide bonds. The molecule has 0 saturated heterocycles. The van der Waals surface area contributed by atoms with Gasteiger partial charge in [0.05, 0.1) is 0 Å². The van der Waals surface area contributed by atoms with Crippen molar-refractivity contribution < 1.29 is 4.74 Å². The fraction of sp³-hybridized carbons (Fsp3) is 0.786. The van der Waals surface area contributed by atoms with E-state index in [-0.39, 0.29) is 0 Å². The summed E-state index contributed by atoms with van der Waals surface area (Å²) in [6.07, 6.45) is 10.2. The van der Waals surface area contributed by atoms with Gasteiger partial charge in [0, 0.05) is 38.7 Å². The van der Waals surface area contributed by atoms with E-state index in [2.05, 4.69) is 21.8 Å². The van der Waals surface area contributed by atoms with Crippen molar-refractivity contribution in [2.75, 3.05) is 19.0 Å². The summed E-state index contributed by atoms with van der Waals surface area (Å²) in [6.45, 7) is 4.12. The molecule has 18 heavy (non-hydrogen) atoms. The SMILES string of the molecule is COCCCn1ccnc1NC1CCCC(C)C1. The predicted molar refractivity (Wildman–Crippen MR) is 73.8 cm³/mol. The molecule has 0 bridgehead atoms. The highest BCUT2D eigenvalue weighted by Crippen LogP contribution is 2.25. The molecule has 1 fully saturated rings. The van der Waals surface area contributed by atoms with Crippen molar-refractivity contribution in [1.29, 1.82) is 0 Å². The molecule has 1 aliphatic rings. The van der Waals surface area contributed by atoms with Crippen LogP contribution < -0.4 is 5.32 Å². The molecular formula is C14H25N3O. The zero-order valence-corrected chi connectivity index (χ0v) is 11.6. The lowest BCUT2D eigenvalue weighted by Gasteiger charge is -2.28. The van der Waals surface area contributed by atoms with Crippen molar-refractivity contribution in [1.82, 2.24) is 9.55 Å². The van der Waals surface area contributed by atoms with E-state index >= 15 is 0 Å². The Morgan fingerprint density at radius 2 is 2.39 bits per heavy atom. The summed E-state index contributed by atoms with van der Waals surface area (Å²) in [5.74, 6) is 1.86. The minimum absolute atomic E-state index is 0.595. The molecule has 0 spiro atoms. The number of hydrogen-bond donors (Lipinski definition) is 1. The van der Waals surface area contributed by atoms with E-state index in [0.29, 0.717) is 6.04 Å². The summed E-state index contributed by atoms with van der Waals surface area (Å²) in [5, 5.41) is 3.60. The summed E-state index contributed by atoms with van der Waals surface area (Å²) >= 11 is 0. The fourth-order valence-electron chi connectivity index (χ4n) is 2.76. The minimum atomic E-state index is 0.595. The Morgan fingerprint density at radius 3 is 3.17 bits per heavy atom. The molecule has 4 nitrogen and oxygen atoms in total. The topological polar surface area (TPSA) is 39.1 Å². The summed E-state index contributed by atoms with van der Waals surface area (Å²) in [5.41, 5.74) is 0. The van der Waals surface area contributed by atoms with Crippen molar-refractivity contribution in [2.24, 2.45) is 5.92 Å². The lowest BCUT2D eigenvalue weighted by Crippen LogP contribution is -2.27. The van der Waals surface area contributed by atoms with Crippen LogP contribution >= 0.6 is 0 Å². The van der Waals surface area contributed by atoms with Crippen molar-refractivity contribution in [3.05, 3.63) is 12.4 Å². The fourth-order valence-corrected chi connectivity index (χ4v) is 2.76. The number of aromatic nitrogens is 2. The van der Waals surface area contributed by atoms with Crippen LogP contribution in [0.1, 0.15) is 39.0 Å². The highest BCUT2D eigenvalue weighted by Gasteiger charge is 2.19. The Balaban J connectivity index is 1.86. The van der Waals surface area contributed by atoms with Crippen molar-refractivity contribution in [2.45, 2.75) is 51.6 Å². The van der Waals surface area contributed by atoms with Gasteiger partial charge in [-0.1, -0.05) is 19.8 Å². The molecule has 2 atom stereocenters. The van der Waals surface area contributed by atoms with Crippen LogP contribution in [0.2, 0.25) is 0 Å². The maximum absolute atomic E-state index is 5.09. The molecule has 1 aromatic rings. The lowest BCUT2D eigenvalue weighted by molar-refractivity contribution is 0.190. The van der Waals surface area contributed by atoms with E-state index in [9.17, 15) is 0 Å². The molecule has 2 unspecified atom stereocenters. The number of rotatable bonds is 6. The molecule has 1 aromatic heterocycles. The summed E-state index contributed by atoms with van der Waals surface area (Å²) in [6, 6.07) is 0.595. The van der Waals surface area contributed by atoms with Gasteiger partial charge in [-0.2, -0.15) is 0 Å². The monoisotopic (exact) mass is 251 g/mol. The largest absolute Gasteiger partial charge is 0.385 e. The van der Waals surface area contributed by atoms with Crippen molar-refractivity contribution in [3.63, 3.8) is 0 Å². The van der Waals surface area contributed by atoms with E-state index < -0.39 is 0 Å². The quantitative estimate of drug-likeness (QED) is 0.790. The van der Waals surface area contributed by atoms with Crippen LogP contribution in [-0.4, -0.2) is 29.3 Å². The first-order chi connectivity index (χ1) is 8.79. The Labute approximate surface area is 110 Å². The standard InChI is InChI=1S/C14H25N3O/c1-12-5-3-6-13(11-12)16-14-15-7-9-17(14)8-4-10-18-2/h7,9,12-13H,3-6,8,10-11H2,1-2H3,(H,15,16). The number of anilines is 1. The van der Waals surface area contributed by atoms with Gasteiger partial charge in [-0.25, -0.2) is 4.98 Å². The van der Waals surface area contributed by atoms with Crippen LogP contribution in [0.15, 0.2) is 12.4 Å². The van der Waals surface area contributed by atoms with Crippen LogP contribution in [0.5, 0.6) is 0 Å². The van der Waals surface area contributed by atoms with Gasteiger partial charge in [0.1, 0.15) is 0 Å². The highest BCUT2D eigenvalue weighted by molar-refractivity contribution is 5.27. The number of nitrogens with one attached hydrogen (secondary N) is 1. The molecule has 1 heterocycles. The number of nitrogens with zero attached hydrogens (tertiary/aromatic N) is 2. The Morgan fingerprint density at radius 1 is 1.50 bits per heavy atom. The molecular weight excluding hydrogens is 226 g/mol. The Kier molecular flexibility index (Phi) is 5.05. The second kappa shape index (κ2) is 6.78. The molecule has 1 aliphatic carbocycles. The number of ether oxygens (including phenoxy) is 1. The molecule has 4 heteroatoms. The first kappa shape index (κ1) is 13.4. The molecule has 0 radical (unpaired) electrons. The second-order valence-corrected chi connectivity index (χ2v) is 5.40. The third kappa shape index (κ3) is 3.73. The second-order valence-electron chi connectivity index (χ2n) is 5.40. The molecule has 0 aromatic carbocycles. The van der Waals surface area contributed by atoms with E-state index in [0.717, 1.165) is 31.4 Å². The smallest absolute Gasteiger partial charge is 0.202 e. The van der Waals surface area contributed by atoms with Crippen LogP contribution in [-0.2, 0) is 11.3 Å². The van der Waals surface area contributed by atoms with Gasteiger partial charge in [0.15, 0.2) is 0 Å². The average molecular weight is 251 g/mol. The minimum Gasteiger partial charge on any atom is -0.385 e. The zero-order chi connectivity index (χ0) is 12.8. The summed E-state index contributed by atoms with van der Waals surface area (Å²) < 4.78 is 7.28. The van der Waals surface area contributed by atoms with Gasteiger partial charge in [-0.05, 0) is 25.2 Å². The van der Waals surface area contributed by atoms with Gasteiger partial charge in [-0.3, -0.25) is 0 Å². The van der Waals surface area contributed by atoms with E-state index in [1.807, 2.05) is 12.4 Å². The average Bonchev–Trinajstić information content (AvgIpc) is 2.77. The van der Waals surface area contributed by atoms with Crippen LogP contribution in [0.4, 0.5) is 5.95 Å². The first-order valence-electron chi connectivity index (χ1n) is 7.06. The molecule has 1 saturated carbocycles. The highest BCUT2D eigenvalue weighted by atomic mass is 16.5. The summed E-state index contributed by atoms with van der Waals surface area (Å²) in [4.78, 5) is 4.43. The molecule has 102 valence electrons. The van der Waals surface area contributed by atoms with Crippen molar-refractivity contribution in [3.8, 4) is 0 Å². The molecule has 2 rings (SSSR count). The maximum Gasteiger partial charge on any atom is 0.202 e. The van der Waals surface area contributed by atoms with Gasteiger partial charge >= 0.3 is 0 Å². The Bertz CT molecular complexity index is 351. The zero-order valence-electron chi connectivity index (χ0n) is 11.6. The van der Waals surface area contributed by atoms with E-state index in [1.165, 1.54) is 25.7 Å². The predicted octanol–water partition coefficient (Wildman–Crippen LogP) is 2.91. The van der Waals surface area contributed by atoms with E-state index in [4.69, 9.17) is 4.74 Å². The maximum atomic E-state index is 5.09. The summed E-state index contributed by atoms with van der Waals surface area (Å²) in [7, 11) is 1.75. The van der Waals surface area contributed by atoms with Crippen LogP contribution in [0.3, 0.4) is 0 Å². The van der Waals surface area contributed by atoms with Gasteiger partial charge in [0.2, 0.25) is 5.95 Å². The van der Waals surface area contributed by atoms with Gasteiger partial charge in [-0.15, -0.1) is 0 Å². The molecule has 1 N–H and O–H groups in total. The third-order valence-electron chi connectivity index (χ3n) is 3.73. The van der Waals surface area contributed by atoms with Crippen LogP contribution in [0.25, 0.3) is 0 Å². The normalized spacial score (nSPS) is 24.1. The van der Waals surface area contributed by atoms with Crippen LogP contribution in [0, 0.1) is 5.92 Å². The first-order valence-corrected chi connectivity index (χ1v) is 7.06. The lowest BCUT2D eigenvalue weighted by atomic mass is 9.87. The van der Waals surface area contributed by atoms with Crippen molar-refractivity contribution >= 4 is 5.95 Å². The number of methoxy groups -OCH3 is 1. The third-order valence-corrected chi connectivity index (χ3v) is 3.73. The number of imidazole rings is 1. The molecule has 0 aliphatic heterocycles. The Hall–Kier alpha value is -1.03. The van der Waals surface area contributed by atoms with Gasteiger partial charge in [0.25, 0.3) is 0 Å². The van der Waals surface area contributed by atoms with Gasteiger partial charge < -0.3 is 14.6 Å².